The van der Waals surface area contributed by atoms with Gasteiger partial charge in [0.05, 0.1) is 25.2 Å². The van der Waals surface area contributed by atoms with Gasteiger partial charge in [-0.3, -0.25) is 28.8 Å². The number of ether oxygens (including phenoxy) is 4. The predicted octanol–water partition coefficient (Wildman–Crippen LogP) is 0.622. The van der Waals surface area contributed by atoms with E-state index in [1.807, 2.05) is 0 Å². The molecule has 3 unspecified atom stereocenters. The highest BCUT2D eigenvalue weighted by Crippen LogP contribution is 2.25. The van der Waals surface area contributed by atoms with Crippen LogP contribution in [0.1, 0.15) is 53.9 Å². The highest BCUT2D eigenvalue weighted by Gasteiger charge is 2.33. The second-order valence-electron chi connectivity index (χ2n) is 7.18. The summed E-state index contributed by atoms with van der Waals surface area (Å²) in [5, 5.41) is 14.8. The third kappa shape index (κ3) is 20.7. The first-order chi connectivity index (χ1) is 15.7. The van der Waals surface area contributed by atoms with E-state index in [2.05, 4.69) is 0 Å². The van der Waals surface area contributed by atoms with Gasteiger partial charge in [-0.05, 0) is 6.92 Å². The Morgan fingerprint density at radius 3 is 1.82 bits per heavy atom. The molecule has 13 heteroatoms. The summed E-state index contributed by atoms with van der Waals surface area (Å²) in [6, 6.07) is 0. The predicted molar refractivity (Wildman–Crippen MR) is 116 cm³/mol. The van der Waals surface area contributed by atoms with Gasteiger partial charge in [-0.1, -0.05) is 0 Å². The Morgan fingerprint density at radius 2 is 1.38 bits per heavy atom. The number of likely N-dealkylation sites (N-methyl/N-ethyl adjacent to an activating group) is 1. The van der Waals surface area contributed by atoms with Gasteiger partial charge >= 0.3 is 17.9 Å². The summed E-state index contributed by atoms with van der Waals surface area (Å²) >= 11 is 0. The van der Waals surface area contributed by atoms with Gasteiger partial charge in [-0.25, -0.2) is 0 Å². The highest BCUT2D eigenvalue weighted by molar-refractivity contribution is 5.82. The quantitative estimate of drug-likeness (QED) is 0.355. The lowest BCUT2D eigenvalue weighted by molar-refractivity contribution is -0.171. The van der Waals surface area contributed by atoms with Crippen LogP contribution in [0.4, 0.5) is 0 Å². The lowest BCUT2D eigenvalue weighted by atomic mass is 9.98. The van der Waals surface area contributed by atoms with Crippen LogP contribution < -0.4 is 0 Å². The maximum absolute atomic E-state index is 12.3. The summed E-state index contributed by atoms with van der Waals surface area (Å²) in [5.74, 6) is -3.31. The molecule has 1 fully saturated rings. The van der Waals surface area contributed by atoms with Crippen LogP contribution in [0.15, 0.2) is 0 Å². The number of carbonyl (C=O) groups excluding carboxylic acids is 4. The molecule has 0 saturated carbocycles. The van der Waals surface area contributed by atoms with E-state index in [0.29, 0.717) is 12.8 Å². The van der Waals surface area contributed by atoms with Crippen LogP contribution in [0.5, 0.6) is 0 Å². The standard InChI is InChI=1S/C17H27NO8.2C2H4O2/c1-5-23-17(22)9-18(4)16(21)8-14-6-13(25-12(3)20)7-15(26-14)10-24-11(2)19;2*1-2(3)4/h13-15H,5-10H2,1-4H3;2*1H3,(H,3,4). The number of aliphatic carboxylic acids is 2. The van der Waals surface area contributed by atoms with Crippen molar-refractivity contribution in [1.29, 1.82) is 0 Å². The Hall–Kier alpha value is -3.22. The molecule has 0 aliphatic carbocycles. The minimum absolute atomic E-state index is 0.0181. The van der Waals surface area contributed by atoms with Crippen LogP contribution in [-0.4, -0.2) is 96.0 Å². The fraction of sp³-hybridized carbons (Fsp3) is 0.714. The third-order valence-corrected chi connectivity index (χ3v) is 3.74. The molecule has 3 atom stereocenters. The van der Waals surface area contributed by atoms with Crippen LogP contribution >= 0.6 is 0 Å². The van der Waals surface area contributed by atoms with Crippen molar-refractivity contribution < 1.29 is 57.9 Å². The molecule has 1 amide bonds. The van der Waals surface area contributed by atoms with Crippen molar-refractivity contribution in [2.75, 3.05) is 26.8 Å². The highest BCUT2D eigenvalue weighted by atomic mass is 16.6. The van der Waals surface area contributed by atoms with Crippen molar-refractivity contribution in [3.05, 3.63) is 0 Å². The number of carboxylic acid groups (broad SMARTS) is 2. The second kappa shape index (κ2) is 18.2. The molecule has 0 aromatic rings. The summed E-state index contributed by atoms with van der Waals surface area (Å²) in [6.45, 7) is 6.57. The molecule has 0 spiro atoms. The lowest BCUT2D eigenvalue weighted by Gasteiger charge is -2.35. The molecule has 0 radical (unpaired) electrons. The summed E-state index contributed by atoms with van der Waals surface area (Å²) in [7, 11) is 1.50. The van der Waals surface area contributed by atoms with E-state index in [0.717, 1.165) is 13.8 Å². The monoisotopic (exact) mass is 493 g/mol. The smallest absolute Gasteiger partial charge is 0.325 e. The fourth-order valence-electron chi connectivity index (χ4n) is 2.68. The maximum atomic E-state index is 12.3. The molecule has 34 heavy (non-hydrogen) atoms. The fourth-order valence-corrected chi connectivity index (χ4v) is 2.68. The summed E-state index contributed by atoms with van der Waals surface area (Å²) in [4.78, 5) is 65.2. The van der Waals surface area contributed by atoms with Crippen molar-refractivity contribution in [1.82, 2.24) is 4.90 Å². The van der Waals surface area contributed by atoms with Crippen molar-refractivity contribution in [2.24, 2.45) is 0 Å². The zero-order valence-corrected chi connectivity index (χ0v) is 20.4. The van der Waals surface area contributed by atoms with Crippen LogP contribution in [-0.2, 0) is 47.7 Å². The minimum atomic E-state index is -0.833. The second-order valence-corrected chi connectivity index (χ2v) is 7.18. The van der Waals surface area contributed by atoms with Gasteiger partial charge in [-0.15, -0.1) is 0 Å². The van der Waals surface area contributed by atoms with Gasteiger partial charge < -0.3 is 34.1 Å². The number of hydrogen-bond donors (Lipinski definition) is 2. The lowest BCUT2D eigenvalue weighted by Crippen LogP contribution is -2.43. The molecule has 1 aliphatic heterocycles. The maximum Gasteiger partial charge on any atom is 0.325 e. The zero-order chi connectivity index (χ0) is 26.8. The van der Waals surface area contributed by atoms with Crippen molar-refractivity contribution in [3.63, 3.8) is 0 Å². The molecule has 0 aromatic carbocycles. The number of hydrogen-bond acceptors (Lipinski definition) is 10. The third-order valence-electron chi connectivity index (χ3n) is 3.74. The molecular weight excluding hydrogens is 458 g/mol. The minimum Gasteiger partial charge on any atom is -0.481 e. The van der Waals surface area contributed by atoms with Crippen molar-refractivity contribution >= 4 is 35.8 Å². The van der Waals surface area contributed by atoms with E-state index >= 15 is 0 Å². The van der Waals surface area contributed by atoms with Gasteiger partial charge in [0, 0.05) is 47.6 Å². The molecular formula is C21H35NO12. The largest absolute Gasteiger partial charge is 0.481 e. The van der Waals surface area contributed by atoms with Crippen LogP contribution in [0, 0.1) is 0 Å². The molecule has 13 nitrogen and oxygen atoms in total. The topological polar surface area (TPSA) is 183 Å². The number of carbonyl (C=O) groups is 6. The van der Waals surface area contributed by atoms with Gasteiger partial charge in [0.2, 0.25) is 5.91 Å². The molecule has 0 bridgehead atoms. The molecule has 1 aliphatic rings. The van der Waals surface area contributed by atoms with E-state index in [-0.39, 0.29) is 32.1 Å². The van der Waals surface area contributed by atoms with Crippen molar-refractivity contribution in [3.8, 4) is 0 Å². The number of carboxylic acids is 2. The Morgan fingerprint density at radius 1 is 0.882 bits per heavy atom. The van der Waals surface area contributed by atoms with E-state index in [9.17, 15) is 19.2 Å². The van der Waals surface area contributed by atoms with Crippen LogP contribution in [0.3, 0.4) is 0 Å². The average Bonchev–Trinajstić information content (AvgIpc) is 2.64. The molecule has 0 aromatic heterocycles. The van der Waals surface area contributed by atoms with Gasteiger partial charge in [-0.2, -0.15) is 0 Å². The van der Waals surface area contributed by atoms with Gasteiger partial charge in [0.15, 0.2) is 0 Å². The van der Waals surface area contributed by atoms with E-state index < -0.39 is 48.2 Å². The number of nitrogens with zero attached hydrogens (tertiary/aromatic N) is 1. The summed E-state index contributed by atoms with van der Waals surface area (Å²) < 4.78 is 20.8. The first-order valence-corrected chi connectivity index (χ1v) is 10.4. The Labute approximate surface area is 198 Å². The average molecular weight is 494 g/mol. The Kier molecular flexibility index (Phi) is 17.7. The Bertz CT molecular complexity index is 673. The summed E-state index contributed by atoms with van der Waals surface area (Å²) in [6.07, 6.45) is -0.638. The Balaban J connectivity index is 0. The number of rotatable bonds is 8. The zero-order valence-electron chi connectivity index (χ0n) is 20.4. The molecule has 2 N–H and O–H groups in total. The van der Waals surface area contributed by atoms with E-state index in [1.54, 1.807) is 6.92 Å². The van der Waals surface area contributed by atoms with Crippen molar-refractivity contribution in [2.45, 2.75) is 72.2 Å². The number of esters is 3. The van der Waals surface area contributed by atoms with Crippen LogP contribution in [0.2, 0.25) is 0 Å². The molecule has 1 saturated heterocycles. The normalized spacial score (nSPS) is 18.5. The molecule has 1 rings (SSSR count). The first kappa shape index (κ1) is 33.0. The molecule has 1 heterocycles. The van der Waals surface area contributed by atoms with E-state index in [1.165, 1.54) is 25.8 Å². The SMILES string of the molecule is CC(=O)O.CC(=O)O.CCOC(=O)CN(C)C(=O)CC1CC(OC(C)=O)CC(COC(C)=O)O1. The van der Waals surface area contributed by atoms with Gasteiger partial charge in [0.1, 0.15) is 19.3 Å². The molecule has 196 valence electrons. The van der Waals surface area contributed by atoms with E-state index in [4.69, 9.17) is 38.7 Å². The van der Waals surface area contributed by atoms with Crippen LogP contribution in [0.25, 0.3) is 0 Å². The summed E-state index contributed by atoms with van der Waals surface area (Å²) in [5.41, 5.74) is 0. The first-order valence-electron chi connectivity index (χ1n) is 10.4. The number of amides is 1. The van der Waals surface area contributed by atoms with Gasteiger partial charge in [0.25, 0.3) is 11.9 Å².